The first-order valence-corrected chi connectivity index (χ1v) is 8.42. The van der Waals surface area contributed by atoms with Crippen LogP contribution in [0.15, 0.2) is 6.58 Å². The van der Waals surface area contributed by atoms with Crippen molar-refractivity contribution in [3.8, 4) is 0 Å². The smallest absolute Gasteiger partial charge is 0.246 e. The van der Waals surface area contributed by atoms with Crippen LogP contribution in [0, 0.1) is 0 Å². The number of rotatable bonds is 6. The van der Waals surface area contributed by atoms with Gasteiger partial charge in [-0.2, -0.15) is 0 Å². The molecule has 23 heavy (non-hydrogen) atoms. The number of hydrogen-bond acceptors (Lipinski definition) is 7. The Hall–Kier alpha value is -1.35. The number of aliphatic hydroxyl groups is 1. The molecular formula is C15H24N4O3S. The second kappa shape index (κ2) is 7.48. The molecule has 0 spiro atoms. The molecule has 1 aliphatic rings. The van der Waals surface area contributed by atoms with Crippen molar-refractivity contribution in [3.05, 3.63) is 11.6 Å². The lowest BCUT2D eigenvalue weighted by Gasteiger charge is -2.41. The Labute approximate surface area is 140 Å². The summed E-state index contributed by atoms with van der Waals surface area (Å²) in [6, 6.07) is 0.323. The van der Waals surface area contributed by atoms with Gasteiger partial charge in [-0.25, -0.2) is 0 Å². The molecule has 0 aliphatic carbocycles. The van der Waals surface area contributed by atoms with Crippen molar-refractivity contribution in [2.45, 2.75) is 38.3 Å². The molecule has 2 rings (SSSR count). The van der Waals surface area contributed by atoms with E-state index >= 15 is 0 Å². The Morgan fingerprint density at radius 2 is 2.13 bits per heavy atom. The van der Waals surface area contributed by atoms with Crippen molar-refractivity contribution in [3.63, 3.8) is 0 Å². The summed E-state index contributed by atoms with van der Waals surface area (Å²) in [7, 11) is 1.97. The van der Waals surface area contributed by atoms with E-state index < -0.39 is 5.54 Å². The molecule has 1 aliphatic heterocycles. The maximum Gasteiger partial charge on any atom is 0.246 e. The number of likely N-dealkylation sites (N-methyl/N-ethyl adjacent to an activating group) is 1. The summed E-state index contributed by atoms with van der Waals surface area (Å²) >= 11 is 1.21. The van der Waals surface area contributed by atoms with Gasteiger partial charge in [0.15, 0.2) is 0 Å². The minimum atomic E-state index is -0.679. The van der Waals surface area contributed by atoms with Crippen molar-refractivity contribution in [2.75, 3.05) is 32.2 Å². The largest absolute Gasteiger partial charge is 0.392 e. The molecule has 7 nitrogen and oxygen atoms in total. The highest BCUT2D eigenvalue weighted by Crippen LogP contribution is 2.26. The third-order valence-electron chi connectivity index (χ3n) is 4.31. The Morgan fingerprint density at radius 1 is 1.48 bits per heavy atom. The van der Waals surface area contributed by atoms with Gasteiger partial charge in [0.2, 0.25) is 11.0 Å². The fourth-order valence-electron chi connectivity index (χ4n) is 2.42. The van der Waals surface area contributed by atoms with Crippen LogP contribution in [0.25, 0.3) is 5.57 Å². The highest BCUT2D eigenvalue weighted by atomic mass is 32.1. The van der Waals surface area contributed by atoms with Crippen LogP contribution >= 0.6 is 11.3 Å². The molecule has 0 unspecified atom stereocenters. The molecule has 0 radical (unpaired) electrons. The standard InChI is InChI=1S/C15H24N4O3S/c1-10(9-20)12-17-18-14(23-12)16-13(21)15(2,3)19(4)11-5-7-22-8-6-11/h11,20H,1,5-9H2,2-4H3,(H,16,18,21). The Morgan fingerprint density at radius 3 is 2.74 bits per heavy atom. The third kappa shape index (κ3) is 4.14. The van der Waals surface area contributed by atoms with Gasteiger partial charge in [0, 0.05) is 24.8 Å². The van der Waals surface area contributed by atoms with Crippen molar-refractivity contribution < 1.29 is 14.6 Å². The van der Waals surface area contributed by atoms with Crippen molar-refractivity contribution in [1.82, 2.24) is 15.1 Å². The summed E-state index contributed by atoms with van der Waals surface area (Å²) in [6.45, 7) is 8.77. The molecule has 1 saturated heterocycles. The minimum Gasteiger partial charge on any atom is -0.392 e. The van der Waals surface area contributed by atoms with E-state index in [0.29, 0.717) is 21.8 Å². The fourth-order valence-corrected chi connectivity index (χ4v) is 3.12. The predicted molar refractivity (Wildman–Crippen MR) is 90.3 cm³/mol. The highest BCUT2D eigenvalue weighted by molar-refractivity contribution is 7.16. The minimum absolute atomic E-state index is 0.135. The Bertz CT molecular complexity index is 567. The number of nitrogens with zero attached hydrogens (tertiary/aromatic N) is 3. The summed E-state index contributed by atoms with van der Waals surface area (Å²) in [4.78, 5) is 14.7. The first-order valence-electron chi connectivity index (χ1n) is 7.61. The van der Waals surface area contributed by atoms with Gasteiger partial charge >= 0.3 is 0 Å². The number of carbonyl (C=O) groups is 1. The normalized spacial score (nSPS) is 16.6. The van der Waals surface area contributed by atoms with Crippen molar-refractivity contribution in [2.24, 2.45) is 0 Å². The quantitative estimate of drug-likeness (QED) is 0.813. The maximum absolute atomic E-state index is 12.7. The summed E-state index contributed by atoms with van der Waals surface area (Å²) in [5.74, 6) is -0.135. The zero-order chi connectivity index (χ0) is 17.0. The molecule has 1 fully saturated rings. The van der Waals surface area contributed by atoms with Gasteiger partial charge in [0.25, 0.3) is 0 Å². The highest BCUT2D eigenvalue weighted by Gasteiger charge is 2.37. The molecule has 1 aromatic heterocycles. The SMILES string of the molecule is C=C(CO)c1nnc(NC(=O)C(C)(C)N(C)C2CCOCC2)s1. The zero-order valence-electron chi connectivity index (χ0n) is 13.8. The number of hydrogen-bond donors (Lipinski definition) is 2. The summed E-state index contributed by atoms with van der Waals surface area (Å²) in [5.41, 5.74) is -0.191. The first kappa shape index (κ1) is 18.0. The molecule has 0 saturated carbocycles. The molecule has 1 amide bonds. The Kier molecular flexibility index (Phi) is 5.85. The van der Waals surface area contributed by atoms with Gasteiger partial charge < -0.3 is 9.84 Å². The van der Waals surface area contributed by atoms with E-state index in [2.05, 4.69) is 27.0 Å². The lowest BCUT2D eigenvalue weighted by atomic mass is 9.96. The van der Waals surface area contributed by atoms with Gasteiger partial charge in [-0.05, 0) is 33.7 Å². The summed E-state index contributed by atoms with van der Waals surface area (Å²) in [5, 5.41) is 20.7. The lowest BCUT2D eigenvalue weighted by Crippen LogP contribution is -2.55. The van der Waals surface area contributed by atoms with E-state index in [1.165, 1.54) is 11.3 Å². The second-order valence-corrected chi connectivity index (χ2v) is 7.12. The molecule has 0 atom stereocenters. The molecular weight excluding hydrogens is 316 g/mol. The van der Waals surface area contributed by atoms with Crippen LogP contribution in [-0.2, 0) is 9.53 Å². The van der Waals surface area contributed by atoms with Crippen molar-refractivity contribution in [1.29, 1.82) is 0 Å². The van der Waals surface area contributed by atoms with E-state index in [0.717, 1.165) is 26.1 Å². The number of carbonyl (C=O) groups excluding carboxylic acids is 1. The molecule has 0 aromatic carbocycles. The number of aliphatic hydroxyl groups excluding tert-OH is 1. The zero-order valence-corrected chi connectivity index (χ0v) is 14.7. The molecule has 2 N–H and O–H groups in total. The molecule has 128 valence electrons. The lowest BCUT2D eigenvalue weighted by molar-refractivity contribution is -0.128. The molecule has 1 aromatic rings. The van der Waals surface area contributed by atoms with Crippen LogP contribution in [0.2, 0.25) is 0 Å². The maximum atomic E-state index is 12.7. The van der Waals surface area contributed by atoms with Gasteiger partial charge in [0.05, 0.1) is 12.1 Å². The first-order chi connectivity index (χ1) is 10.9. The number of ether oxygens (including phenoxy) is 1. The van der Waals surface area contributed by atoms with Gasteiger partial charge in [-0.15, -0.1) is 10.2 Å². The number of aromatic nitrogens is 2. The van der Waals surface area contributed by atoms with Gasteiger partial charge in [0.1, 0.15) is 5.01 Å². The van der Waals surface area contributed by atoms with Gasteiger partial charge in [-0.1, -0.05) is 17.9 Å². The average molecular weight is 340 g/mol. The van der Waals surface area contributed by atoms with E-state index in [-0.39, 0.29) is 12.5 Å². The van der Waals surface area contributed by atoms with Gasteiger partial charge in [-0.3, -0.25) is 15.0 Å². The van der Waals surface area contributed by atoms with E-state index in [4.69, 9.17) is 9.84 Å². The fraction of sp³-hybridized carbons (Fsp3) is 0.667. The third-order valence-corrected chi connectivity index (χ3v) is 5.26. The van der Waals surface area contributed by atoms with E-state index in [1.807, 2.05) is 20.9 Å². The van der Waals surface area contributed by atoms with Crippen LogP contribution < -0.4 is 5.32 Å². The predicted octanol–water partition coefficient (Wildman–Crippen LogP) is 1.37. The van der Waals surface area contributed by atoms with Crippen molar-refractivity contribution >= 4 is 27.9 Å². The number of nitrogens with one attached hydrogen (secondary N) is 1. The average Bonchev–Trinajstić information content (AvgIpc) is 3.02. The summed E-state index contributed by atoms with van der Waals surface area (Å²) in [6.07, 6.45) is 1.85. The van der Waals surface area contributed by atoms with Crippen LogP contribution in [0.5, 0.6) is 0 Å². The van der Waals surface area contributed by atoms with Crippen LogP contribution in [0.3, 0.4) is 0 Å². The van der Waals surface area contributed by atoms with E-state index in [1.54, 1.807) is 0 Å². The summed E-state index contributed by atoms with van der Waals surface area (Å²) < 4.78 is 5.38. The van der Waals surface area contributed by atoms with Crippen LogP contribution in [0.4, 0.5) is 5.13 Å². The van der Waals surface area contributed by atoms with Crippen LogP contribution in [-0.4, -0.2) is 64.6 Å². The number of amides is 1. The van der Waals surface area contributed by atoms with E-state index in [9.17, 15) is 4.79 Å². The monoisotopic (exact) mass is 340 g/mol. The second-order valence-electron chi connectivity index (χ2n) is 6.14. The molecule has 8 heteroatoms. The topological polar surface area (TPSA) is 87.6 Å². The molecule has 0 bridgehead atoms. The van der Waals surface area contributed by atoms with Crippen LogP contribution in [0.1, 0.15) is 31.7 Å². The Balaban J connectivity index is 2.02. The number of anilines is 1. The molecule has 2 heterocycles.